The van der Waals surface area contributed by atoms with Gasteiger partial charge in [-0.3, -0.25) is 4.79 Å². The molecule has 0 bridgehead atoms. The second-order valence-electron chi connectivity index (χ2n) is 7.29. The Morgan fingerprint density at radius 3 is 2.23 bits per heavy atom. The Morgan fingerprint density at radius 2 is 1.57 bits per heavy atom. The van der Waals surface area contributed by atoms with Crippen molar-refractivity contribution in [3.8, 4) is 17.1 Å². The molecule has 4 rings (SSSR count). The lowest BCUT2D eigenvalue weighted by Gasteiger charge is -2.07. The van der Waals surface area contributed by atoms with Crippen LogP contribution < -0.4 is 5.32 Å². The van der Waals surface area contributed by atoms with Crippen molar-refractivity contribution in [1.82, 2.24) is 14.8 Å². The van der Waals surface area contributed by atoms with E-state index < -0.39 is 0 Å². The molecule has 0 saturated heterocycles. The normalized spacial score (nSPS) is 10.8. The van der Waals surface area contributed by atoms with E-state index in [1.807, 2.05) is 87.5 Å². The van der Waals surface area contributed by atoms with E-state index in [9.17, 15) is 4.79 Å². The Balaban J connectivity index is 1.75. The molecule has 0 fully saturated rings. The summed E-state index contributed by atoms with van der Waals surface area (Å²) in [6, 6.07) is 21.6. The van der Waals surface area contributed by atoms with Gasteiger partial charge in [0, 0.05) is 15.7 Å². The van der Waals surface area contributed by atoms with Crippen LogP contribution in [0.2, 0.25) is 0 Å². The van der Waals surface area contributed by atoms with Gasteiger partial charge in [-0.15, -0.1) is 5.10 Å². The van der Waals surface area contributed by atoms with Gasteiger partial charge in [-0.1, -0.05) is 63.5 Å². The molecule has 30 heavy (non-hydrogen) atoms. The summed E-state index contributed by atoms with van der Waals surface area (Å²) in [5.41, 5.74) is 5.76. The summed E-state index contributed by atoms with van der Waals surface area (Å²) in [4.78, 5) is 17.5. The van der Waals surface area contributed by atoms with Gasteiger partial charge >= 0.3 is 0 Å². The zero-order valence-corrected chi connectivity index (χ0v) is 18.6. The fourth-order valence-corrected chi connectivity index (χ4v) is 3.46. The highest BCUT2D eigenvalue weighted by Crippen LogP contribution is 2.24. The SMILES string of the molecule is Cc1ccc(-n2nc(C(=O)Nc3ccc(C)cc3C)nc2-c2ccc(Br)cc2)cc1. The number of anilines is 1. The minimum absolute atomic E-state index is 0.119. The summed E-state index contributed by atoms with van der Waals surface area (Å²) in [5.74, 6) is 0.386. The monoisotopic (exact) mass is 460 g/mol. The summed E-state index contributed by atoms with van der Waals surface area (Å²) >= 11 is 3.46. The molecule has 5 nitrogen and oxygen atoms in total. The second kappa shape index (κ2) is 8.24. The molecule has 3 aromatic carbocycles. The molecule has 0 atom stereocenters. The third-order valence-electron chi connectivity index (χ3n) is 4.82. The van der Waals surface area contributed by atoms with Crippen molar-refractivity contribution in [3.05, 3.63) is 93.7 Å². The molecule has 1 amide bonds. The predicted molar refractivity (Wildman–Crippen MR) is 123 cm³/mol. The van der Waals surface area contributed by atoms with E-state index >= 15 is 0 Å². The predicted octanol–water partition coefficient (Wildman–Crippen LogP) is 5.87. The number of carbonyl (C=O) groups is 1. The molecule has 0 radical (unpaired) electrons. The molecule has 1 heterocycles. The highest BCUT2D eigenvalue weighted by atomic mass is 79.9. The van der Waals surface area contributed by atoms with Gasteiger partial charge in [0.15, 0.2) is 5.82 Å². The van der Waals surface area contributed by atoms with Crippen molar-refractivity contribution >= 4 is 27.5 Å². The van der Waals surface area contributed by atoms with E-state index in [0.717, 1.165) is 38.1 Å². The average Bonchev–Trinajstić information content (AvgIpc) is 3.17. The summed E-state index contributed by atoms with van der Waals surface area (Å²) < 4.78 is 2.68. The number of aryl methyl sites for hydroxylation is 3. The van der Waals surface area contributed by atoms with Gasteiger partial charge in [-0.25, -0.2) is 9.67 Å². The molecule has 0 unspecified atom stereocenters. The average molecular weight is 461 g/mol. The van der Waals surface area contributed by atoms with Crippen LogP contribution in [0.1, 0.15) is 27.3 Å². The molecular formula is C24H21BrN4O. The van der Waals surface area contributed by atoms with E-state index in [1.54, 1.807) is 4.68 Å². The number of nitrogens with one attached hydrogen (secondary N) is 1. The lowest BCUT2D eigenvalue weighted by Crippen LogP contribution is -2.15. The minimum Gasteiger partial charge on any atom is -0.319 e. The van der Waals surface area contributed by atoms with E-state index in [0.29, 0.717) is 5.82 Å². The van der Waals surface area contributed by atoms with Crippen LogP contribution >= 0.6 is 15.9 Å². The molecule has 6 heteroatoms. The summed E-state index contributed by atoms with van der Waals surface area (Å²) in [6.45, 7) is 6.02. The van der Waals surface area contributed by atoms with Gasteiger partial charge in [-0.05, 0) is 56.7 Å². The van der Waals surface area contributed by atoms with Crippen LogP contribution in [0.15, 0.2) is 71.2 Å². The maximum Gasteiger partial charge on any atom is 0.295 e. The molecule has 0 aliphatic heterocycles. The van der Waals surface area contributed by atoms with Crippen molar-refractivity contribution in [2.75, 3.05) is 5.32 Å². The molecule has 0 saturated carbocycles. The maximum absolute atomic E-state index is 12.9. The van der Waals surface area contributed by atoms with Crippen molar-refractivity contribution in [2.24, 2.45) is 0 Å². The highest BCUT2D eigenvalue weighted by Gasteiger charge is 2.19. The van der Waals surface area contributed by atoms with Gasteiger partial charge in [0.1, 0.15) is 0 Å². The van der Waals surface area contributed by atoms with Crippen LogP contribution in [0.25, 0.3) is 17.1 Å². The van der Waals surface area contributed by atoms with Gasteiger partial charge in [-0.2, -0.15) is 0 Å². The Bertz CT molecular complexity index is 1150. The van der Waals surface area contributed by atoms with Crippen molar-refractivity contribution in [2.45, 2.75) is 20.8 Å². The number of benzene rings is 3. The third-order valence-corrected chi connectivity index (χ3v) is 5.35. The van der Waals surface area contributed by atoms with E-state index in [4.69, 9.17) is 0 Å². The zero-order valence-electron chi connectivity index (χ0n) is 17.0. The summed E-state index contributed by atoms with van der Waals surface area (Å²) in [7, 11) is 0. The first kappa shape index (κ1) is 20.0. The molecule has 1 N–H and O–H groups in total. The van der Waals surface area contributed by atoms with Crippen molar-refractivity contribution in [1.29, 1.82) is 0 Å². The number of rotatable bonds is 4. The molecule has 4 aromatic rings. The number of aromatic nitrogens is 3. The van der Waals surface area contributed by atoms with Crippen LogP contribution in [-0.4, -0.2) is 20.7 Å². The Morgan fingerprint density at radius 1 is 0.900 bits per heavy atom. The van der Waals surface area contributed by atoms with Crippen molar-refractivity contribution < 1.29 is 4.79 Å². The lowest BCUT2D eigenvalue weighted by atomic mass is 10.1. The molecule has 1 aromatic heterocycles. The van der Waals surface area contributed by atoms with Gasteiger partial charge in [0.2, 0.25) is 5.82 Å². The molecule has 0 aliphatic rings. The van der Waals surface area contributed by atoms with E-state index in [2.05, 4.69) is 31.3 Å². The number of amides is 1. The van der Waals surface area contributed by atoms with E-state index in [1.165, 1.54) is 0 Å². The largest absolute Gasteiger partial charge is 0.319 e. The number of nitrogens with zero attached hydrogens (tertiary/aromatic N) is 3. The summed E-state index contributed by atoms with van der Waals surface area (Å²) in [6.07, 6.45) is 0. The van der Waals surface area contributed by atoms with Crippen LogP contribution in [0, 0.1) is 20.8 Å². The van der Waals surface area contributed by atoms with Gasteiger partial charge in [0.25, 0.3) is 5.91 Å². The van der Waals surface area contributed by atoms with Crippen LogP contribution in [0.3, 0.4) is 0 Å². The molecule has 150 valence electrons. The fraction of sp³-hybridized carbons (Fsp3) is 0.125. The highest BCUT2D eigenvalue weighted by molar-refractivity contribution is 9.10. The number of hydrogen-bond donors (Lipinski definition) is 1. The maximum atomic E-state index is 12.9. The quantitative estimate of drug-likeness (QED) is 0.413. The topological polar surface area (TPSA) is 59.8 Å². The van der Waals surface area contributed by atoms with Gasteiger partial charge < -0.3 is 5.32 Å². The molecule has 0 spiro atoms. The first-order chi connectivity index (χ1) is 14.4. The first-order valence-corrected chi connectivity index (χ1v) is 10.4. The minimum atomic E-state index is -0.342. The van der Waals surface area contributed by atoms with Crippen LogP contribution in [-0.2, 0) is 0 Å². The van der Waals surface area contributed by atoms with Crippen LogP contribution in [0.4, 0.5) is 5.69 Å². The molecular weight excluding hydrogens is 440 g/mol. The lowest BCUT2D eigenvalue weighted by molar-refractivity contribution is 0.101. The summed E-state index contributed by atoms with van der Waals surface area (Å²) in [5, 5.41) is 7.46. The number of hydrogen-bond acceptors (Lipinski definition) is 3. The van der Waals surface area contributed by atoms with Crippen molar-refractivity contribution in [3.63, 3.8) is 0 Å². The second-order valence-corrected chi connectivity index (χ2v) is 8.20. The standard InChI is InChI=1S/C24H21BrN4O/c1-15-4-11-20(12-5-15)29-23(18-7-9-19(25)10-8-18)27-22(28-29)24(30)26-21-13-6-16(2)14-17(21)3/h4-14H,1-3H3,(H,26,30). The Hall–Kier alpha value is -3.25. The van der Waals surface area contributed by atoms with Crippen LogP contribution in [0.5, 0.6) is 0 Å². The fourth-order valence-electron chi connectivity index (χ4n) is 3.19. The van der Waals surface area contributed by atoms with Gasteiger partial charge in [0.05, 0.1) is 5.69 Å². The Kier molecular flexibility index (Phi) is 5.50. The van der Waals surface area contributed by atoms with E-state index in [-0.39, 0.29) is 11.7 Å². The third kappa shape index (κ3) is 4.19. The smallest absolute Gasteiger partial charge is 0.295 e. The first-order valence-electron chi connectivity index (χ1n) is 9.59. The number of carbonyl (C=O) groups excluding carboxylic acids is 1. The zero-order chi connectivity index (χ0) is 21.3. The Labute approximate surface area is 183 Å². The molecule has 0 aliphatic carbocycles. The number of halogens is 1.